The molecule has 2 unspecified atom stereocenters. The molecule has 1 aromatic heterocycles. The summed E-state index contributed by atoms with van der Waals surface area (Å²) < 4.78 is 13.7. The lowest BCUT2D eigenvalue weighted by Gasteiger charge is -2.31. The zero-order chi connectivity index (χ0) is 35.8. The van der Waals surface area contributed by atoms with Gasteiger partial charge in [-0.25, -0.2) is 9.37 Å². The van der Waals surface area contributed by atoms with Crippen molar-refractivity contribution < 1.29 is 9.18 Å². The number of aryl methyl sites for hydroxylation is 1. The summed E-state index contributed by atoms with van der Waals surface area (Å²) in [4.78, 5) is 19.8. The van der Waals surface area contributed by atoms with E-state index in [0.29, 0.717) is 11.5 Å². The number of benzene rings is 1. The second-order valence-corrected chi connectivity index (χ2v) is 12.1. The summed E-state index contributed by atoms with van der Waals surface area (Å²) in [5, 5.41) is 0. The SMILES string of the molecule is C#C.C=CCC(C)C=O.CC.CC.CCC(C)N1CCCCC1.CSCC(C)C.Cc1ccc(-c2cnc(C(C)C)[nH]2)c(F)c1. The second kappa shape index (κ2) is 34.5. The summed E-state index contributed by atoms with van der Waals surface area (Å²) in [6, 6.07) is 6.03. The number of thioether (sulfide) groups is 1. The topological polar surface area (TPSA) is 49.0 Å². The number of allylic oxidation sites excluding steroid dienone is 1. The van der Waals surface area contributed by atoms with Crippen molar-refractivity contribution in [2.45, 2.75) is 127 Å². The molecule has 1 saturated heterocycles. The van der Waals surface area contributed by atoms with Crippen molar-refractivity contribution in [3.05, 3.63) is 54.3 Å². The summed E-state index contributed by atoms with van der Waals surface area (Å²) in [7, 11) is 0. The standard InChI is InChI=1S/C13H15FN2.C9H19N.C6H10O.C5H12S.2C2H6.C2H2/c1-8(2)13-15-7-12(16-13)10-5-4-9(3)6-11(10)14;1-3-9(2)10-7-5-4-6-8-10;1-3-4-6(2)5-7;1-5(2)4-6-3;3*1-2/h4-8H,1-3H3,(H,15,16);9H,3-8H2,1-2H3;3,5-6H,1,4H2,2H3;5H,4H2,1-3H3;2*1-2H3;1-2H. The first-order chi connectivity index (χ1) is 21.5. The van der Waals surface area contributed by atoms with E-state index in [4.69, 9.17) is 0 Å². The number of carbonyl (C=O) groups excluding carboxylic acids is 1. The van der Waals surface area contributed by atoms with Crippen LogP contribution >= 0.6 is 11.8 Å². The highest BCUT2D eigenvalue weighted by atomic mass is 32.2. The fourth-order valence-electron chi connectivity index (χ4n) is 3.87. The van der Waals surface area contributed by atoms with Crippen molar-refractivity contribution in [1.82, 2.24) is 14.9 Å². The van der Waals surface area contributed by atoms with Gasteiger partial charge in [-0.2, -0.15) is 11.8 Å². The lowest BCUT2D eigenvalue weighted by Crippen LogP contribution is -2.36. The van der Waals surface area contributed by atoms with Gasteiger partial charge in [0.05, 0.1) is 11.9 Å². The minimum Gasteiger partial charge on any atom is -0.342 e. The number of H-pyrrole nitrogens is 1. The molecule has 1 aliphatic rings. The van der Waals surface area contributed by atoms with Gasteiger partial charge in [0.15, 0.2) is 0 Å². The van der Waals surface area contributed by atoms with E-state index < -0.39 is 0 Å². The molecular weight excluding hydrogens is 578 g/mol. The van der Waals surface area contributed by atoms with Crippen LogP contribution in [0.15, 0.2) is 37.1 Å². The fraction of sp³-hybridized carbons (Fsp3) is 0.641. The average molecular weight is 648 g/mol. The van der Waals surface area contributed by atoms with Crippen molar-refractivity contribution in [3.8, 4) is 24.1 Å². The van der Waals surface area contributed by atoms with Crippen LogP contribution in [0.5, 0.6) is 0 Å². The van der Waals surface area contributed by atoms with E-state index in [2.05, 4.69) is 68.2 Å². The molecule has 4 nitrogen and oxygen atoms in total. The number of aldehydes is 1. The second-order valence-electron chi connectivity index (χ2n) is 11.2. The Morgan fingerprint density at radius 1 is 1.04 bits per heavy atom. The molecule has 2 aromatic rings. The Kier molecular flexibility index (Phi) is 38.0. The molecule has 3 rings (SSSR count). The number of halogens is 1. The molecule has 0 radical (unpaired) electrons. The molecule has 6 heteroatoms. The first-order valence-electron chi connectivity index (χ1n) is 16.9. The predicted octanol–water partition coefficient (Wildman–Crippen LogP) is 11.6. The van der Waals surface area contributed by atoms with Gasteiger partial charge in [0.25, 0.3) is 0 Å². The van der Waals surface area contributed by atoms with Gasteiger partial charge in [-0.05, 0) is 88.2 Å². The molecule has 0 aliphatic carbocycles. The summed E-state index contributed by atoms with van der Waals surface area (Å²) >= 11 is 1.91. The number of aromatic amines is 1. The molecule has 1 aliphatic heterocycles. The Labute approximate surface area is 283 Å². The van der Waals surface area contributed by atoms with E-state index in [1.165, 1.54) is 50.6 Å². The van der Waals surface area contributed by atoms with Gasteiger partial charge in [0.2, 0.25) is 0 Å². The first-order valence-corrected chi connectivity index (χ1v) is 18.3. The van der Waals surface area contributed by atoms with E-state index >= 15 is 0 Å². The normalized spacial score (nSPS) is 13.0. The maximum absolute atomic E-state index is 13.7. The third-order valence-corrected chi connectivity index (χ3v) is 7.43. The van der Waals surface area contributed by atoms with Crippen LogP contribution in [0.3, 0.4) is 0 Å². The maximum atomic E-state index is 13.7. The lowest BCUT2D eigenvalue weighted by molar-refractivity contribution is -0.110. The number of nitrogens with one attached hydrogen (secondary N) is 1. The zero-order valence-corrected chi connectivity index (χ0v) is 32.2. The number of aromatic nitrogens is 2. The monoisotopic (exact) mass is 648 g/mol. The Hall–Kier alpha value is -2.36. The summed E-state index contributed by atoms with van der Waals surface area (Å²) in [5.41, 5.74) is 2.23. The molecule has 2 heterocycles. The number of hydrogen-bond donors (Lipinski definition) is 1. The van der Waals surface area contributed by atoms with Gasteiger partial charge >= 0.3 is 0 Å². The third-order valence-electron chi connectivity index (χ3n) is 6.43. The van der Waals surface area contributed by atoms with Crippen LogP contribution in [-0.4, -0.2) is 52.3 Å². The van der Waals surface area contributed by atoms with Crippen molar-refractivity contribution in [2.24, 2.45) is 11.8 Å². The number of rotatable bonds is 9. The van der Waals surface area contributed by atoms with E-state index in [1.807, 2.05) is 73.2 Å². The third kappa shape index (κ3) is 26.6. The lowest BCUT2D eigenvalue weighted by atomic mass is 10.1. The highest BCUT2D eigenvalue weighted by molar-refractivity contribution is 7.98. The zero-order valence-electron chi connectivity index (χ0n) is 31.4. The fourth-order valence-corrected chi connectivity index (χ4v) is 4.54. The highest BCUT2D eigenvalue weighted by Gasteiger charge is 2.14. The van der Waals surface area contributed by atoms with Crippen molar-refractivity contribution in [1.29, 1.82) is 0 Å². The molecule has 2 atom stereocenters. The number of nitrogens with zero attached hydrogens (tertiary/aromatic N) is 2. The predicted molar refractivity (Wildman–Crippen MR) is 204 cm³/mol. The highest BCUT2D eigenvalue weighted by Crippen LogP contribution is 2.23. The largest absolute Gasteiger partial charge is 0.342 e. The number of piperidine rings is 1. The Morgan fingerprint density at radius 2 is 1.60 bits per heavy atom. The number of likely N-dealkylation sites (tertiary alicyclic amines) is 1. The molecule has 1 fully saturated rings. The number of hydrogen-bond acceptors (Lipinski definition) is 4. The van der Waals surface area contributed by atoms with Crippen LogP contribution in [0.1, 0.15) is 126 Å². The van der Waals surface area contributed by atoms with Gasteiger partial charge in [-0.3, -0.25) is 0 Å². The summed E-state index contributed by atoms with van der Waals surface area (Å²) in [6.45, 7) is 31.1. The number of carbonyl (C=O) groups is 1. The van der Waals surface area contributed by atoms with Gasteiger partial charge in [0, 0.05) is 23.4 Å². The van der Waals surface area contributed by atoms with E-state index in [0.717, 1.165) is 41.7 Å². The van der Waals surface area contributed by atoms with Gasteiger partial charge < -0.3 is 14.7 Å². The molecule has 0 bridgehead atoms. The first kappa shape index (κ1) is 49.5. The molecule has 0 amide bonds. The Morgan fingerprint density at radius 3 is 1.93 bits per heavy atom. The summed E-state index contributed by atoms with van der Waals surface area (Å²) in [6.07, 6.45) is 20.9. The van der Waals surface area contributed by atoms with Gasteiger partial charge in [0.1, 0.15) is 17.9 Å². The van der Waals surface area contributed by atoms with Crippen LogP contribution in [-0.2, 0) is 4.79 Å². The van der Waals surface area contributed by atoms with Crippen molar-refractivity contribution in [3.63, 3.8) is 0 Å². The van der Waals surface area contributed by atoms with Crippen LogP contribution in [0, 0.1) is 37.4 Å². The molecule has 0 spiro atoms. The quantitative estimate of drug-likeness (QED) is 0.167. The van der Waals surface area contributed by atoms with E-state index in [9.17, 15) is 9.18 Å². The minimum absolute atomic E-state index is 0.150. The minimum atomic E-state index is -0.209. The van der Waals surface area contributed by atoms with Crippen LogP contribution in [0.2, 0.25) is 0 Å². The van der Waals surface area contributed by atoms with Crippen LogP contribution < -0.4 is 0 Å². The maximum Gasteiger partial charge on any atom is 0.132 e. The average Bonchev–Trinajstić information content (AvgIpc) is 3.55. The Bertz CT molecular complexity index is 949. The van der Waals surface area contributed by atoms with Crippen LogP contribution in [0.4, 0.5) is 4.39 Å². The van der Waals surface area contributed by atoms with E-state index in [-0.39, 0.29) is 11.7 Å². The van der Waals surface area contributed by atoms with Gasteiger partial charge in [-0.15, -0.1) is 19.4 Å². The number of terminal acetylenes is 1. The number of imidazole rings is 1. The smallest absolute Gasteiger partial charge is 0.132 e. The van der Waals surface area contributed by atoms with Crippen molar-refractivity contribution >= 4 is 18.0 Å². The molecule has 0 saturated carbocycles. The molecular formula is C39H70FN3OS. The molecule has 260 valence electrons. The summed E-state index contributed by atoms with van der Waals surface area (Å²) in [5.74, 6) is 3.30. The molecule has 1 aromatic carbocycles. The van der Waals surface area contributed by atoms with Crippen LogP contribution in [0.25, 0.3) is 11.3 Å². The molecule has 45 heavy (non-hydrogen) atoms. The molecule has 1 N–H and O–H groups in total. The van der Waals surface area contributed by atoms with E-state index in [1.54, 1.807) is 18.3 Å². The van der Waals surface area contributed by atoms with Gasteiger partial charge in [-0.1, -0.05) is 87.8 Å². The van der Waals surface area contributed by atoms with Crippen molar-refractivity contribution in [2.75, 3.05) is 25.1 Å². The Balaban J connectivity index is -0.000000252.